The Labute approximate surface area is 146 Å². The summed E-state index contributed by atoms with van der Waals surface area (Å²) in [6.45, 7) is 1.75. The van der Waals surface area contributed by atoms with E-state index in [9.17, 15) is 9.59 Å². The molecular formula is C19H20ClNO3. The molecule has 0 heterocycles. The van der Waals surface area contributed by atoms with Crippen molar-refractivity contribution < 1.29 is 14.3 Å². The van der Waals surface area contributed by atoms with Gasteiger partial charge in [0.1, 0.15) is 0 Å². The SMILES string of the molecule is CCC[C@H](NC(=O)COC(=O)c1ccc(Cl)cc1)c1ccccc1. The van der Waals surface area contributed by atoms with E-state index in [-0.39, 0.29) is 18.6 Å². The van der Waals surface area contributed by atoms with Crippen LogP contribution in [-0.2, 0) is 9.53 Å². The largest absolute Gasteiger partial charge is 0.452 e. The van der Waals surface area contributed by atoms with E-state index in [2.05, 4.69) is 12.2 Å². The fourth-order valence-corrected chi connectivity index (χ4v) is 2.46. The number of carbonyl (C=O) groups is 2. The Kier molecular flexibility index (Phi) is 6.82. The van der Waals surface area contributed by atoms with E-state index in [4.69, 9.17) is 16.3 Å². The summed E-state index contributed by atoms with van der Waals surface area (Å²) in [6.07, 6.45) is 1.76. The van der Waals surface area contributed by atoms with E-state index < -0.39 is 5.97 Å². The van der Waals surface area contributed by atoms with Gasteiger partial charge >= 0.3 is 5.97 Å². The Bertz CT molecular complexity index is 671. The maximum Gasteiger partial charge on any atom is 0.338 e. The van der Waals surface area contributed by atoms with Gasteiger partial charge in [0.2, 0.25) is 0 Å². The first-order valence-corrected chi connectivity index (χ1v) is 8.25. The monoisotopic (exact) mass is 345 g/mol. The van der Waals surface area contributed by atoms with Crippen LogP contribution in [0, 0.1) is 0 Å². The van der Waals surface area contributed by atoms with Gasteiger partial charge in [-0.25, -0.2) is 4.79 Å². The van der Waals surface area contributed by atoms with Crippen LogP contribution in [0.4, 0.5) is 0 Å². The molecule has 0 aliphatic rings. The van der Waals surface area contributed by atoms with E-state index in [1.807, 2.05) is 30.3 Å². The minimum absolute atomic E-state index is 0.0852. The third-order valence-corrected chi connectivity index (χ3v) is 3.78. The molecule has 0 saturated carbocycles. The molecule has 1 amide bonds. The van der Waals surface area contributed by atoms with Crippen LogP contribution in [0.2, 0.25) is 5.02 Å². The molecule has 2 aromatic rings. The van der Waals surface area contributed by atoms with Gasteiger partial charge in [-0.05, 0) is 36.2 Å². The Morgan fingerprint density at radius 1 is 1.08 bits per heavy atom. The molecule has 2 aromatic carbocycles. The number of rotatable bonds is 7. The van der Waals surface area contributed by atoms with Crippen molar-refractivity contribution in [2.45, 2.75) is 25.8 Å². The zero-order valence-electron chi connectivity index (χ0n) is 13.5. The Morgan fingerprint density at radius 3 is 2.38 bits per heavy atom. The molecule has 1 atom stereocenters. The third kappa shape index (κ3) is 5.39. The second kappa shape index (κ2) is 9.08. The van der Waals surface area contributed by atoms with Crippen molar-refractivity contribution in [2.75, 3.05) is 6.61 Å². The van der Waals surface area contributed by atoms with Crippen molar-refractivity contribution in [1.29, 1.82) is 0 Å². The highest BCUT2D eigenvalue weighted by Crippen LogP contribution is 2.18. The minimum Gasteiger partial charge on any atom is -0.452 e. The molecule has 0 fully saturated rings. The smallest absolute Gasteiger partial charge is 0.338 e. The molecule has 4 nitrogen and oxygen atoms in total. The molecule has 1 N–H and O–H groups in total. The average Bonchev–Trinajstić information content (AvgIpc) is 2.60. The van der Waals surface area contributed by atoms with Gasteiger partial charge in [0.15, 0.2) is 6.61 Å². The van der Waals surface area contributed by atoms with E-state index >= 15 is 0 Å². The lowest BCUT2D eigenvalue weighted by molar-refractivity contribution is -0.125. The van der Waals surface area contributed by atoms with Crippen LogP contribution in [-0.4, -0.2) is 18.5 Å². The van der Waals surface area contributed by atoms with Gasteiger partial charge in [-0.3, -0.25) is 4.79 Å². The van der Waals surface area contributed by atoms with Gasteiger partial charge in [-0.1, -0.05) is 55.3 Å². The van der Waals surface area contributed by atoms with Crippen LogP contribution in [0.15, 0.2) is 54.6 Å². The molecule has 0 saturated heterocycles. The predicted octanol–water partition coefficient (Wildman–Crippen LogP) is 4.15. The number of halogens is 1. The zero-order chi connectivity index (χ0) is 17.4. The van der Waals surface area contributed by atoms with E-state index in [1.54, 1.807) is 24.3 Å². The van der Waals surface area contributed by atoms with Crippen LogP contribution >= 0.6 is 11.6 Å². The summed E-state index contributed by atoms with van der Waals surface area (Å²) >= 11 is 5.77. The first-order valence-electron chi connectivity index (χ1n) is 7.87. The van der Waals surface area contributed by atoms with Crippen LogP contribution in [0.1, 0.15) is 41.7 Å². The number of benzene rings is 2. The molecule has 2 rings (SSSR count). The van der Waals surface area contributed by atoms with Gasteiger partial charge in [-0.2, -0.15) is 0 Å². The quantitative estimate of drug-likeness (QED) is 0.767. The number of nitrogens with one attached hydrogen (secondary N) is 1. The highest BCUT2D eigenvalue weighted by atomic mass is 35.5. The van der Waals surface area contributed by atoms with E-state index in [0.717, 1.165) is 18.4 Å². The summed E-state index contributed by atoms with van der Waals surface area (Å²) in [6, 6.07) is 16.0. The van der Waals surface area contributed by atoms with Crippen molar-refractivity contribution in [3.05, 3.63) is 70.7 Å². The Morgan fingerprint density at radius 2 is 1.75 bits per heavy atom. The summed E-state index contributed by atoms with van der Waals surface area (Å²) < 4.78 is 5.05. The van der Waals surface area contributed by atoms with E-state index in [1.165, 1.54) is 0 Å². The summed E-state index contributed by atoms with van der Waals surface area (Å²) in [5.74, 6) is -0.867. The number of carbonyl (C=O) groups excluding carboxylic acids is 2. The standard InChI is InChI=1S/C19H20ClNO3/c1-2-6-17(14-7-4-3-5-8-14)21-18(22)13-24-19(23)15-9-11-16(20)12-10-15/h3-5,7-12,17H,2,6,13H2,1H3,(H,21,22)/t17-/m0/s1. The summed E-state index contributed by atoms with van der Waals surface area (Å²) in [7, 11) is 0. The van der Waals surface area contributed by atoms with Gasteiger partial charge in [0.25, 0.3) is 5.91 Å². The van der Waals surface area contributed by atoms with Gasteiger partial charge in [-0.15, -0.1) is 0 Å². The molecule has 0 aliphatic carbocycles. The van der Waals surface area contributed by atoms with Crippen LogP contribution in [0.25, 0.3) is 0 Å². The van der Waals surface area contributed by atoms with Gasteiger partial charge < -0.3 is 10.1 Å². The summed E-state index contributed by atoms with van der Waals surface area (Å²) in [4.78, 5) is 24.0. The summed E-state index contributed by atoms with van der Waals surface area (Å²) in [5.41, 5.74) is 1.40. The molecule has 24 heavy (non-hydrogen) atoms. The predicted molar refractivity (Wildman–Crippen MR) is 94.0 cm³/mol. The minimum atomic E-state index is -0.548. The molecule has 5 heteroatoms. The van der Waals surface area contributed by atoms with Crippen molar-refractivity contribution >= 4 is 23.5 Å². The highest BCUT2D eigenvalue weighted by Gasteiger charge is 2.15. The van der Waals surface area contributed by atoms with Crippen molar-refractivity contribution in [3.63, 3.8) is 0 Å². The van der Waals surface area contributed by atoms with Crippen molar-refractivity contribution in [1.82, 2.24) is 5.32 Å². The van der Waals surface area contributed by atoms with Crippen molar-refractivity contribution in [3.8, 4) is 0 Å². The lowest BCUT2D eigenvalue weighted by atomic mass is 10.0. The molecule has 0 bridgehead atoms. The van der Waals surface area contributed by atoms with Gasteiger partial charge in [0.05, 0.1) is 11.6 Å². The summed E-state index contributed by atoms with van der Waals surface area (Å²) in [5, 5.41) is 3.45. The average molecular weight is 346 g/mol. The van der Waals surface area contributed by atoms with E-state index in [0.29, 0.717) is 10.6 Å². The molecule has 0 aromatic heterocycles. The number of esters is 1. The fraction of sp³-hybridized carbons (Fsp3) is 0.263. The number of hydrogen-bond acceptors (Lipinski definition) is 3. The van der Waals surface area contributed by atoms with Crippen LogP contribution in [0.3, 0.4) is 0 Å². The second-order valence-electron chi connectivity index (χ2n) is 5.40. The van der Waals surface area contributed by atoms with Gasteiger partial charge in [0, 0.05) is 5.02 Å². The molecule has 126 valence electrons. The third-order valence-electron chi connectivity index (χ3n) is 3.53. The molecular weight excluding hydrogens is 326 g/mol. The fourth-order valence-electron chi connectivity index (χ4n) is 2.33. The number of amides is 1. The Hall–Kier alpha value is -2.33. The maximum absolute atomic E-state index is 12.1. The van der Waals surface area contributed by atoms with Crippen molar-refractivity contribution in [2.24, 2.45) is 0 Å². The number of hydrogen-bond donors (Lipinski definition) is 1. The molecule has 0 unspecified atom stereocenters. The first kappa shape index (κ1) is 18.0. The first-order chi connectivity index (χ1) is 11.6. The molecule has 0 radical (unpaired) electrons. The molecule has 0 spiro atoms. The molecule has 0 aliphatic heterocycles. The maximum atomic E-state index is 12.1. The lowest BCUT2D eigenvalue weighted by Gasteiger charge is -2.18. The lowest BCUT2D eigenvalue weighted by Crippen LogP contribution is -2.32. The Balaban J connectivity index is 1.89. The second-order valence-corrected chi connectivity index (χ2v) is 5.84. The topological polar surface area (TPSA) is 55.4 Å². The van der Waals surface area contributed by atoms with Crippen LogP contribution < -0.4 is 5.32 Å². The zero-order valence-corrected chi connectivity index (χ0v) is 14.3. The number of ether oxygens (including phenoxy) is 1. The van der Waals surface area contributed by atoms with Crippen LogP contribution in [0.5, 0.6) is 0 Å². The normalized spacial score (nSPS) is 11.6. The highest BCUT2D eigenvalue weighted by molar-refractivity contribution is 6.30.